The van der Waals surface area contributed by atoms with Gasteiger partial charge in [-0.3, -0.25) is 0 Å². The monoisotopic (exact) mass is 271 g/mol. The third-order valence-corrected chi connectivity index (χ3v) is 2.59. The molecule has 0 atom stereocenters. The van der Waals surface area contributed by atoms with Gasteiger partial charge in [0.15, 0.2) is 0 Å². The van der Waals surface area contributed by atoms with Crippen molar-refractivity contribution in [1.29, 1.82) is 0 Å². The Hall–Kier alpha value is -2.89. The summed E-state index contributed by atoms with van der Waals surface area (Å²) in [5.74, 6) is -0.489. The Morgan fingerprint density at radius 2 is 1.85 bits per heavy atom. The molecule has 0 aliphatic heterocycles. The number of nitrogens with two attached hydrogens (primary N) is 1. The molecule has 0 saturated heterocycles. The first kappa shape index (κ1) is 13.5. The standard InChI is InChI=1S/C14H13N3O3/c1-20-13-8-11(5-6-12(13)15)17-16-10-4-2-3-9(7-10)14(18)19/h2-8H,15H2,1H3,(H,18,19). The Balaban J connectivity index is 2.25. The Labute approximate surface area is 115 Å². The molecule has 102 valence electrons. The number of methoxy groups -OCH3 is 1. The van der Waals surface area contributed by atoms with E-state index >= 15 is 0 Å². The Morgan fingerprint density at radius 1 is 1.15 bits per heavy atom. The van der Waals surface area contributed by atoms with Crippen molar-refractivity contribution in [3.63, 3.8) is 0 Å². The van der Waals surface area contributed by atoms with Gasteiger partial charge in [0.1, 0.15) is 5.75 Å². The smallest absolute Gasteiger partial charge is 0.335 e. The molecule has 0 radical (unpaired) electrons. The van der Waals surface area contributed by atoms with E-state index in [1.807, 2.05) is 0 Å². The van der Waals surface area contributed by atoms with Gasteiger partial charge < -0.3 is 15.6 Å². The van der Waals surface area contributed by atoms with Gasteiger partial charge >= 0.3 is 5.97 Å². The van der Waals surface area contributed by atoms with E-state index < -0.39 is 5.97 Å². The number of benzene rings is 2. The van der Waals surface area contributed by atoms with E-state index in [9.17, 15) is 4.79 Å². The van der Waals surface area contributed by atoms with Crippen molar-refractivity contribution in [2.24, 2.45) is 10.2 Å². The molecular formula is C14H13N3O3. The van der Waals surface area contributed by atoms with Crippen LogP contribution in [-0.2, 0) is 0 Å². The summed E-state index contributed by atoms with van der Waals surface area (Å²) >= 11 is 0. The van der Waals surface area contributed by atoms with Crippen molar-refractivity contribution < 1.29 is 14.6 Å². The maximum atomic E-state index is 10.8. The largest absolute Gasteiger partial charge is 0.495 e. The minimum Gasteiger partial charge on any atom is -0.495 e. The molecule has 0 bridgehead atoms. The molecule has 0 fully saturated rings. The highest BCUT2D eigenvalue weighted by atomic mass is 16.5. The fraction of sp³-hybridized carbons (Fsp3) is 0.0714. The summed E-state index contributed by atoms with van der Waals surface area (Å²) in [4.78, 5) is 10.8. The number of carbonyl (C=O) groups is 1. The minimum absolute atomic E-state index is 0.163. The third kappa shape index (κ3) is 3.11. The summed E-state index contributed by atoms with van der Waals surface area (Å²) < 4.78 is 5.08. The van der Waals surface area contributed by atoms with Crippen molar-refractivity contribution >= 4 is 23.0 Å². The van der Waals surface area contributed by atoms with Crippen LogP contribution >= 0.6 is 0 Å². The number of rotatable bonds is 4. The lowest BCUT2D eigenvalue weighted by atomic mass is 10.2. The van der Waals surface area contributed by atoms with Crippen LogP contribution in [0.2, 0.25) is 0 Å². The predicted octanol–water partition coefficient (Wildman–Crippen LogP) is 3.39. The Kier molecular flexibility index (Phi) is 3.95. The highest BCUT2D eigenvalue weighted by molar-refractivity contribution is 5.88. The summed E-state index contributed by atoms with van der Waals surface area (Å²) in [5.41, 5.74) is 7.40. The molecule has 2 aromatic rings. The number of anilines is 1. The fourth-order valence-electron chi connectivity index (χ4n) is 1.58. The second-order valence-electron chi connectivity index (χ2n) is 3.98. The molecule has 0 aliphatic carbocycles. The molecule has 0 aliphatic rings. The molecule has 0 aromatic heterocycles. The lowest BCUT2D eigenvalue weighted by Crippen LogP contribution is -1.94. The molecule has 0 saturated carbocycles. The van der Waals surface area contributed by atoms with Crippen molar-refractivity contribution in [2.75, 3.05) is 12.8 Å². The number of ether oxygens (including phenoxy) is 1. The molecule has 0 amide bonds. The first-order chi connectivity index (χ1) is 9.60. The maximum absolute atomic E-state index is 10.8. The zero-order valence-electron chi connectivity index (χ0n) is 10.8. The van der Waals surface area contributed by atoms with E-state index in [4.69, 9.17) is 15.6 Å². The van der Waals surface area contributed by atoms with Gasteiger partial charge in [-0.05, 0) is 30.3 Å². The third-order valence-electron chi connectivity index (χ3n) is 2.59. The van der Waals surface area contributed by atoms with Gasteiger partial charge in [0.2, 0.25) is 0 Å². The van der Waals surface area contributed by atoms with Crippen molar-refractivity contribution in [3.05, 3.63) is 48.0 Å². The molecule has 20 heavy (non-hydrogen) atoms. The normalized spacial score (nSPS) is 10.7. The molecule has 6 nitrogen and oxygen atoms in total. The van der Waals surface area contributed by atoms with E-state index in [2.05, 4.69) is 10.2 Å². The van der Waals surface area contributed by atoms with Crippen LogP contribution in [0.15, 0.2) is 52.7 Å². The van der Waals surface area contributed by atoms with Gasteiger partial charge in [0, 0.05) is 6.07 Å². The van der Waals surface area contributed by atoms with E-state index in [0.29, 0.717) is 22.8 Å². The van der Waals surface area contributed by atoms with Crippen LogP contribution in [0.3, 0.4) is 0 Å². The SMILES string of the molecule is COc1cc(N=Nc2cccc(C(=O)O)c2)ccc1N. The number of carboxylic acid groups (broad SMARTS) is 1. The molecule has 2 rings (SSSR count). The van der Waals surface area contributed by atoms with Gasteiger partial charge in [0.05, 0.1) is 29.7 Å². The van der Waals surface area contributed by atoms with Gasteiger partial charge in [-0.2, -0.15) is 10.2 Å². The lowest BCUT2D eigenvalue weighted by Gasteiger charge is -2.03. The highest BCUT2D eigenvalue weighted by Gasteiger charge is 2.03. The van der Waals surface area contributed by atoms with Crippen LogP contribution in [0.1, 0.15) is 10.4 Å². The second-order valence-corrected chi connectivity index (χ2v) is 3.98. The maximum Gasteiger partial charge on any atom is 0.335 e. The topological polar surface area (TPSA) is 97.3 Å². The van der Waals surface area contributed by atoms with Crippen molar-refractivity contribution in [1.82, 2.24) is 0 Å². The number of nitrogens with zero attached hydrogens (tertiary/aromatic N) is 2. The highest BCUT2D eigenvalue weighted by Crippen LogP contribution is 2.28. The molecule has 2 aromatic carbocycles. The zero-order chi connectivity index (χ0) is 14.5. The fourth-order valence-corrected chi connectivity index (χ4v) is 1.58. The number of hydrogen-bond acceptors (Lipinski definition) is 5. The van der Waals surface area contributed by atoms with Crippen molar-refractivity contribution in [2.45, 2.75) is 0 Å². The molecule has 6 heteroatoms. The molecule has 0 spiro atoms. The van der Waals surface area contributed by atoms with Crippen LogP contribution in [0.25, 0.3) is 0 Å². The quantitative estimate of drug-likeness (QED) is 0.657. The van der Waals surface area contributed by atoms with E-state index in [1.165, 1.54) is 19.2 Å². The summed E-state index contributed by atoms with van der Waals surface area (Å²) in [7, 11) is 1.52. The minimum atomic E-state index is -1.00. The van der Waals surface area contributed by atoms with Crippen LogP contribution in [-0.4, -0.2) is 18.2 Å². The van der Waals surface area contributed by atoms with Crippen molar-refractivity contribution in [3.8, 4) is 5.75 Å². The molecule has 3 N–H and O–H groups in total. The number of nitrogen functional groups attached to an aromatic ring is 1. The van der Waals surface area contributed by atoms with Gasteiger partial charge in [-0.25, -0.2) is 4.79 Å². The van der Waals surface area contributed by atoms with Crippen LogP contribution in [0.4, 0.5) is 17.1 Å². The average molecular weight is 271 g/mol. The zero-order valence-corrected chi connectivity index (χ0v) is 10.8. The van der Waals surface area contributed by atoms with E-state index in [0.717, 1.165) is 0 Å². The lowest BCUT2D eigenvalue weighted by molar-refractivity contribution is 0.0697. The van der Waals surface area contributed by atoms with Crippen LogP contribution in [0, 0.1) is 0 Å². The first-order valence-corrected chi connectivity index (χ1v) is 5.79. The van der Waals surface area contributed by atoms with Gasteiger partial charge in [-0.15, -0.1) is 0 Å². The average Bonchev–Trinajstić information content (AvgIpc) is 2.46. The predicted molar refractivity (Wildman–Crippen MR) is 75.0 cm³/mol. The molecule has 0 unspecified atom stereocenters. The number of aromatic carboxylic acids is 1. The first-order valence-electron chi connectivity index (χ1n) is 5.79. The van der Waals surface area contributed by atoms with Gasteiger partial charge in [-0.1, -0.05) is 6.07 Å². The van der Waals surface area contributed by atoms with Crippen LogP contribution < -0.4 is 10.5 Å². The number of azo groups is 1. The van der Waals surface area contributed by atoms with E-state index in [-0.39, 0.29) is 5.56 Å². The second kappa shape index (κ2) is 5.83. The Morgan fingerprint density at radius 3 is 2.50 bits per heavy atom. The summed E-state index contributed by atoms with van der Waals surface area (Å²) in [6, 6.07) is 11.2. The summed E-state index contributed by atoms with van der Waals surface area (Å²) in [6.45, 7) is 0. The van der Waals surface area contributed by atoms with E-state index in [1.54, 1.807) is 30.3 Å². The summed E-state index contributed by atoms with van der Waals surface area (Å²) in [6.07, 6.45) is 0. The number of carboxylic acids is 1. The summed E-state index contributed by atoms with van der Waals surface area (Å²) in [5, 5.41) is 16.9. The Bertz CT molecular complexity index is 668. The number of hydrogen-bond donors (Lipinski definition) is 2. The van der Waals surface area contributed by atoms with Crippen LogP contribution in [0.5, 0.6) is 5.75 Å². The van der Waals surface area contributed by atoms with Gasteiger partial charge in [0.25, 0.3) is 0 Å². The molecule has 0 heterocycles. The molecular weight excluding hydrogens is 258 g/mol.